The predicted molar refractivity (Wildman–Crippen MR) is 63.8 cm³/mol. The van der Waals surface area contributed by atoms with E-state index in [0.29, 0.717) is 30.3 Å². The second-order valence-electron chi connectivity index (χ2n) is 3.53. The second kappa shape index (κ2) is 4.85. The molecule has 2 rings (SSSR count). The van der Waals surface area contributed by atoms with Crippen molar-refractivity contribution in [3.8, 4) is 11.5 Å². The smallest absolute Gasteiger partial charge is 0.325 e. The zero-order valence-corrected chi connectivity index (χ0v) is 10.1. The van der Waals surface area contributed by atoms with Gasteiger partial charge in [0.25, 0.3) is 0 Å². The van der Waals surface area contributed by atoms with Crippen molar-refractivity contribution >= 4 is 17.7 Å². The predicted octanol–water partition coefficient (Wildman–Crippen LogP) is 1.26. The van der Waals surface area contributed by atoms with Gasteiger partial charge in [0.1, 0.15) is 19.3 Å². The number of fused-ring (bicyclic) bond motifs is 1. The summed E-state index contributed by atoms with van der Waals surface area (Å²) < 4.78 is 11.0. The van der Waals surface area contributed by atoms with Gasteiger partial charge in [-0.2, -0.15) is 0 Å². The van der Waals surface area contributed by atoms with Gasteiger partial charge in [-0.05, 0) is 17.9 Å². The Kier molecular flexibility index (Phi) is 3.44. The summed E-state index contributed by atoms with van der Waals surface area (Å²) in [6, 6.07) is 2.33. The first-order valence-corrected chi connectivity index (χ1v) is 6.32. The largest absolute Gasteiger partial charge is 0.486 e. The van der Waals surface area contributed by atoms with E-state index < -0.39 is 12.0 Å². The maximum absolute atomic E-state index is 10.9. The van der Waals surface area contributed by atoms with Crippen LogP contribution < -0.4 is 15.2 Å². The van der Waals surface area contributed by atoms with Crippen LogP contribution in [0.3, 0.4) is 0 Å². The average molecular weight is 255 g/mol. The van der Waals surface area contributed by atoms with Gasteiger partial charge in [-0.15, -0.1) is 11.8 Å². The highest BCUT2D eigenvalue weighted by atomic mass is 32.2. The lowest BCUT2D eigenvalue weighted by Crippen LogP contribution is -2.23. The monoisotopic (exact) mass is 255 g/mol. The maximum atomic E-state index is 10.9. The number of carbonyl (C=O) groups is 1. The molecule has 0 saturated carbocycles. The number of thioether (sulfide) groups is 1. The standard InChI is InChI=1S/C11H13NO4S/c1-17-10-6(8(12)11(13)14)2-3-7-9(10)16-5-4-15-7/h2-3,8H,4-5,12H2,1H3,(H,13,14). The molecule has 0 fully saturated rings. The molecule has 92 valence electrons. The van der Waals surface area contributed by atoms with Gasteiger partial charge in [0.15, 0.2) is 11.5 Å². The summed E-state index contributed by atoms with van der Waals surface area (Å²) in [6.45, 7) is 0.970. The zero-order chi connectivity index (χ0) is 12.4. The quantitative estimate of drug-likeness (QED) is 0.791. The Morgan fingerprint density at radius 2 is 2.18 bits per heavy atom. The minimum atomic E-state index is -1.06. The number of hydrogen-bond donors (Lipinski definition) is 2. The van der Waals surface area contributed by atoms with Gasteiger partial charge in [0.2, 0.25) is 0 Å². The van der Waals surface area contributed by atoms with Gasteiger partial charge >= 0.3 is 5.97 Å². The molecule has 0 bridgehead atoms. The van der Waals surface area contributed by atoms with Crippen LogP contribution in [-0.4, -0.2) is 30.5 Å². The van der Waals surface area contributed by atoms with Crippen LogP contribution in [0.5, 0.6) is 11.5 Å². The molecule has 1 aliphatic rings. The molecule has 1 aliphatic heterocycles. The van der Waals surface area contributed by atoms with Crippen LogP contribution >= 0.6 is 11.8 Å². The first kappa shape index (κ1) is 12.1. The molecule has 1 atom stereocenters. The van der Waals surface area contributed by atoms with Crippen molar-refractivity contribution in [3.05, 3.63) is 17.7 Å². The van der Waals surface area contributed by atoms with E-state index in [9.17, 15) is 4.79 Å². The molecule has 0 saturated heterocycles. The molecule has 1 unspecified atom stereocenters. The van der Waals surface area contributed by atoms with Crippen LogP contribution in [0.25, 0.3) is 0 Å². The minimum Gasteiger partial charge on any atom is -0.486 e. The lowest BCUT2D eigenvalue weighted by molar-refractivity contribution is -0.138. The van der Waals surface area contributed by atoms with Gasteiger partial charge in [-0.3, -0.25) is 4.79 Å². The maximum Gasteiger partial charge on any atom is 0.325 e. The Labute approximate surface area is 103 Å². The van der Waals surface area contributed by atoms with E-state index in [-0.39, 0.29) is 0 Å². The molecule has 1 aromatic carbocycles. The van der Waals surface area contributed by atoms with Crippen molar-refractivity contribution in [1.82, 2.24) is 0 Å². The molecular formula is C11H13NO4S. The lowest BCUT2D eigenvalue weighted by Gasteiger charge is -2.23. The third-order valence-corrected chi connectivity index (χ3v) is 3.33. The van der Waals surface area contributed by atoms with E-state index in [1.54, 1.807) is 12.1 Å². The summed E-state index contributed by atoms with van der Waals surface area (Å²) in [5, 5.41) is 8.95. The number of carboxylic acid groups (broad SMARTS) is 1. The Hall–Kier alpha value is -1.40. The highest BCUT2D eigenvalue weighted by molar-refractivity contribution is 7.98. The van der Waals surface area contributed by atoms with Crippen LogP contribution in [0.15, 0.2) is 17.0 Å². The summed E-state index contributed by atoms with van der Waals surface area (Å²) in [6.07, 6.45) is 1.85. The number of benzene rings is 1. The SMILES string of the molecule is CSc1c(C(N)C(=O)O)ccc2c1OCCO2. The summed E-state index contributed by atoms with van der Waals surface area (Å²) in [5.74, 6) is 0.178. The van der Waals surface area contributed by atoms with Crippen LogP contribution in [0.1, 0.15) is 11.6 Å². The van der Waals surface area contributed by atoms with Gasteiger partial charge in [0.05, 0.1) is 4.90 Å². The number of nitrogens with two attached hydrogens (primary N) is 1. The van der Waals surface area contributed by atoms with Crippen molar-refractivity contribution in [2.45, 2.75) is 10.9 Å². The molecule has 0 aliphatic carbocycles. The van der Waals surface area contributed by atoms with Crippen LogP contribution in [0, 0.1) is 0 Å². The molecule has 0 spiro atoms. The molecule has 0 radical (unpaired) electrons. The van der Waals surface area contributed by atoms with E-state index in [1.165, 1.54) is 11.8 Å². The third-order valence-electron chi connectivity index (χ3n) is 2.50. The third kappa shape index (κ3) is 2.18. The lowest BCUT2D eigenvalue weighted by atomic mass is 10.1. The fraction of sp³-hybridized carbons (Fsp3) is 0.364. The number of rotatable bonds is 3. The van der Waals surface area contributed by atoms with Crippen LogP contribution in [0.2, 0.25) is 0 Å². The van der Waals surface area contributed by atoms with Gasteiger partial charge in [-0.25, -0.2) is 0 Å². The van der Waals surface area contributed by atoms with Crippen molar-refractivity contribution in [3.63, 3.8) is 0 Å². The number of ether oxygens (including phenoxy) is 2. The van der Waals surface area contributed by atoms with E-state index in [0.717, 1.165) is 4.90 Å². The molecule has 17 heavy (non-hydrogen) atoms. The fourth-order valence-corrected chi connectivity index (χ4v) is 2.47. The minimum absolute atomic E-state index is 0.465. The molecule has 1 aromatic rings. The Balaban J connectivity index is 2.50. The molecule has 0 amide bonds. The van der Waals surface area contributed by atoms with Crippen LogP contribution in [-0.2, 0) is 4.79 Å². The fourth-order valence-electron chi connectivity index (χ4n) is 1.69. The topological polar surface area (TPSA) is 81.8 Å². The Morgan fingerprint density at radius 3 is 2.82 bits per heavy atom. The zero-order valence-electron chi connectivity index (χ0n) is 9.30. The van der Waals surface area contributed by atoms with E-state index >= 15 is 0 Å². The average Bonchev–Trinajstić information content (AvgIpc) is 2.36. The summed E-state index contributed by atoms with van der Waals surface area (Å²) in [4.78, 5) is 11.7. The van der Waals surface area contributed by atoms with Gasteiger partial charge in [0, 0.05) is 0 Å². The molecule has 1 heterocycles. The van der Waals surface area contributed by atoms with Gasteiger partial charge in [-0.1, -0.05) is 6.07 Å². The Morgan fingerprint density at radius 1 is 1.47 bits per heavy atom. The molecule has 3 N–H and O–H groups in total. The summed E-state index contributed by atoms with van der Waals surface area (Å²) >= 11 is 1.41. The normalized spacial score (nSPS) is 15.4. The first-order chi connectivity index (χ1) is 8.15. The summed E-state index contributed by atoms with van der Waals surface area (Å²) in [5.41, 5.74) is 6.19. The van der Waals surface area contributed by atoms with Crippen molar-refractivity contribution in [2.24, 2.45) is 5.73 Å². The number of hydrogen-bond acceptors (Lipinski definition) is 5. The van der Waals surface area contributed by atoms with E-state index in [2.05, 4.69) is 0 Å². The first-order valence-electron chi connectivity index (χ1n) is 5.10. The van der Waals surface area contributed by atoms with E-state index in [1.807, 2.05) is 6.26 Å². The molecule has 6 heteroatoms. The number of carboxylic acids is 1. The van der Waals surface area contributed by atoms with Crippen molar-refractivity contribution in [1.29, 1.82) is 0 Å². The molecule has 5 nitrogen and oxygen atoms in total. The van der Waals surface area contributed by atoms with Crippen molar-refractivity contribution < 1.29 is 19.4 Å². The molecular weight excluding hydrogens is 242 g/mol. The summed E-state index contributed by atoms with van der Waals surface area (Å²) in [7, 11) is 0. The second-order valence-corrected chi connectivity index (χ2v) is 4.34. The molecule has 0 aromatic heterocycles. The van der Waals surface area contributed by atoms with Crippen molar-refractivity contribution in [2.75, 3.05) is 19.5 Å². The van der Waals surface area contributed by atoms with Gasteiger partial charge < -0.3 is 20.3 Å². The number of aliphatic carboxylic acids is 1. The highest BCUT2D eigenvalue weighted by Crippen LogP contribution is 2.42. The van der Waals surface area contributed by atoms with Crippen LogP contribution in [0.4, 0.5) is 0 Å². The van der Waals surface area contributed by atoms with E-state index in [4.69, 9.17) is 20.3 Å². The Bertz CT molecular complexity index is 449. The highest BCUT2D eigenvalue weighted by Gasteiger charge is 2.24.